The van der Waals surface area contributed by atoms with E-state index in [1.165, 1.54) is 32.1 Å². The van der Waals surface area contributed by atoms with Gasteiger partial charge in [-0.15, -0.1) is 0 Å². The molecule has 5 heteroatoms. The Labute approximate surface area is 143 Å². The Bertz CT molecular complexity index is 303. The van der Waals surface area contributed by atoms with Crippen LogP contribution in [0.3, 0.4) is 0 Å². The molecule has 0 atom stereocenters. The molecule has 23 heavy (non-hydrogen) atoms. The van der Waals surface area contributed by atoms with E-state index in [2.05, 4.69) is 41.7 Å². The highest BCUT2D eigenvalue weighted by atomic mass is 16.2. The lowest BCUT2D eigenvalue weighted by atomic mass is 9.95. The Kier molecular flexibility index (Phi) is 11.1. The maximum atomic E-state index is 11.7. The van der Waals surface area contributed by atoms with E-state index in [0.717, 1.165) is 45.4 Å². The number of carbonyl (C=O) groups excluding carboxylic acids is 1. The van der Waals surface area contributed by atoms with Crippen molar-refractivity contribution in [2.24, 2.45) is 0 Å². The fraction of sp³-hybridized carbons (Fsp3) is 0.944. The summed E-state index contributed by atoms with van der Waals surface area (Å²) < 4.78 is 0. The highest BCUT2D eigenvalue weighted by Gasteiger charge is 2.11. The fourth-order valence-corrected chi connectivity index (χ4v) is 2.91. The molecule has 0 heterocycles. The van der Waals surface area contributed by atoms with E-state index in [1.54, 1.807) is 0 Å². The largest absolute Gasteiger partial charge is 0.338 e. The molecule has 2 amide bonds. The maximum Gasteiger partial charge on any atom is 0.314 e. The molecule has 136 valence electrons. The number of hydrogen-bond donors (Lipinski definition) is 3. The smallest absolute Gasteiger partial charge is 0.314 e. The van der Waals surface area contributed by atoms with Gasteiger partial charge in [0.15, 0.2) is 0 Å². The zero-order valence-electron chi connectivity index (χ0n) is 15.5. The summed E-state index contributed by atoms with van der Waals surface area (Å²) in [4.78, 5) is 14.0. The van der Waals surface area contributed by atoms with Crippen LogP contribution in [0.1, 0.15) is 65.2 Å². The van der Waals surface area contributed by atoms with Crippen molar-refractivity contribution in [2.75, 3.05) is 33.2 Å². The fourth-order valence-electron chi connectivity index (χ4n) is 2.91. The summed E-state index contributed by atoms with van der Waals surface area (Å²) in [6.07, 6.45) is 9.93. The van der Waals surface area contributed by atoms with Crippen LogP contribution in [0, 0.1) is 0 Å². The van der Waals surface area contributed by atoms with Gasteiger partial charge in [0.25, 0.3) is 0 Å². The van der Waals surface area contributed by atoms with Crippen molar-refractivity contribution in [1.29, 1.82) is 0 Å². The van der Waals surface area contributed by atoms with Crippen LogP contribution < -0.4 is 16.0 Å². The van der Waals surface area contributed by atoms with Crippen molar-refractivity contribution in [3.05, 3.63) is 0 Å². The normalized spacial score (nSPS) is 16.0. The van der Waals surface area contributed by atoms with Gasteiger partial charge in [-0.25, -0.2) is 4.79 Å². The topological polar surface area (TPSA) is 56.4 Å². The van der Waals surface area contributed by atoms with Gasteiger partial charge in [-0.2, -0.15) is 0 Å². The van der Waals surface area contributed by atoms with Gasteiger partial charge in [0.05, 0.1) is 0 Å². The van der Waals surface area contributed by atoms with Crippen LogP contribution in [0.5, 0.6) is 0 Å². The van der Waals surface area contributed by atoms with Crippen LogP contribution in [0.2, 0.25) is 0 Å². The molecule has 3 N–H and O–H groups in total. The van der Waals surface area contributed by atoms with E-state index < -0.39 is 0 Å². The Morgan fingerprint density at radius 3 is 2.30 bits per heavy atom. The van der Waals surface area contributed by atoms with E-state index in [-0.39, 0.29) is 6.03 Å². The van der Waals surface area contributed by atoms with E-state index in [9.17, 15) is 4.79 Å². The number of hydrogen-bond acceptors (Lipinski definition) is 3. The van der Waals surface area contributed by atoms with Crippen molar-refractivity contribution in [2.45, 2.75) is 77.3 Å². The van der Waals surface area contributed by atoms with Crippen LogP contribution in [-0.2, 0) is 0 Å². The van der Waals surface area contributed by atoms with E-state index in [4.69, 9.17) is 0 Å². The maximum absolute atomic E-state index is 11.7. The molecular weight excluding hydrogens is 288 g/mol. The summed E-state index contributed by atoms with van der Waals surface area (Å²) in [7, 11) is 2.14. The molecule has 5 nitrogen and oxygen atoms in total. The van der Waals surface area contributed by atoms with Gasteiger partial charge in [0, 0.05) is 25.2 Å². The van der Waals surface area contributed by atoms with Gasteiger partial charge in [0.2, 0.25) is 0 Å². The molecule has 1 saturated carbocycles. The molecule has 0 aromatic heterocycles. The highest BCUT2D eigenvalue weighted by Crippen LogP contribution is 2.17. The highest BCUT2D eigenvalue weighted by molar-refractivity contribution is 5.73. The van der Waals surface area contributed by atoms with E-state index in [0.29, 0.717) is 12.1 Å². The zero-order valence-corrected chi connectivity index (χ0v) is 15.5. The van der Waals surface area contributed by atoms with Gasteiger partial charge in [0.1, 0.15) is 0 Å². The van der Waals surface area contributed by atoms with Crippen molar-refractivity contribution in [3.8, 4) is 0 Å². The summed E-state index contributed by atoms with van der Waals surface area (Å²) in [5.41, 5.74) is 0. The summed E-state index contributed by atoms with van der Waals surface area (Å²) in [5, 5.41) is 9.47. The average molecular weight is 327 g/mol. The van der Waals surface area contributed by atoms with Crippen LogP contribution >= 0.6 is 0 Å². The lowest BCUT2D eigenvalue weighted by Gasteiger charge is -2.22. The van der Waals surface area contributed by atoms with Gasteiger partial charge in [-0.3, -0.25) is 0 Å². The number of carbonyl (C=O) groups is 1. The van der Waals surface area contributed by atoms with E-state index in [1.807, 2.05) is 0 Å². The van der Waals surface area contributed by atoms with Crippen LogP contribution in [0.15, 0.2) is 0 Å². The summed E-state index contributed by atoms with van der Waals surface area (Å²) in [6, 6.07) is 1.27. The van der Waals surface area contributed by atoms with Crippen molar-refractivity contribution in [3.63, 3.8) is 0 Å². The molecule has 1 fully saturated rings. The number of rotatable bonds is 11. The Morgan fingerprint density at radius 1 is 1.00 bits per heavy atom. The zero-order chi connectivity index (χ0) is 16.9. The molecule has 0 aromatic carbocycles. The molecule has 1 aliphatic carbocycles. The minimum Gasteiger partial charge on any atom is -0.338 e. The molecule has 1 aliphatic rings. The predicted molar refractivity (Wildman–Crippen MR) is 97.9 cm³/mol. The Hall–Kier alpha value is -0.810. The van der Waals surface area contributed by atoms with Crippen LogP contribution in [-0.4, -0.2) is 56.2 Å². The second kappa shape index (κ2) is 12.6. The number of nitrogens with zero attached hydrogens (tertiary/aromatic N) is 1. The third kappa shape index (κ3) is 10.6. The van der Waals surface area contributed by atoms with Crippen molar-refractivity contribution >= 4 is 6.03 Å². The molecule has 0 spiro atoms. The third-order valence-electron chi connectivity index (χ3n) is 4.78. The second-order valence-corrected chi connectivity index (χ2v) is 7.11. The molecule has 0 aromatic rings. The predicted octanol–water partition coefficient (Wildman–Crippen LogP) is 2.72. The number of amides is 2. The van der Waals surface area contributed by atoms with Crippen molar-refractivity contribution < 1.29 is 4.79 Å². The lowest BCUT2D eigenvalue weighted by Crippen LogP contribution is -2.38. The SMILES string of the molecule is CC(C)N(C)CCCCNC(=O)NCCCNC1CCCCC1. The molecule has 0 radical (unpaired) electrons. The van der Waals surface area contributed by atoms with Crippen LogP contribution in [0.25, 0.3) is 0 Å². The van der Waals surface area contributed by atoms with Crippen LogP contribution in [0.4, 0.5) is 4.79 Å². The summed E-state index contributed by atoms with van der Waals surface area (Å²) in [6.45, 7) is 8.02. The standard InChI is InChI=1S/C18H38N4O/c1-16(2)22(3)15-8-7-12-20-18(23)21-14-9-13-19-17-10-5-4-6-11-17/h16-17,19H,4-15H2,1-3H3,(H2,20,21,23). The first-order chi connectivity index (χ1) is 11.1. The first kappa shape index (κ1) is 20.2. The van der Waals surface area contributed by atoms with Crippen molar-refractivity contribution in [1.82, 2.24) is 20.9 Å². The number of nitrogens with one attached hydrogen (secondary N) is 3. The molecule has 0 aliphatic heterocycles. The first-order valence-electron chi connectivity index (χ1n) is 9.55. The minimum atomic E-state index is -0.0279. The van der Waals surface area contributed by atoms with Gasteiger partial charge < -0.3 is 20.9 Å². The average Bonchev–Trinajstić information content (AvgIpc) is 2.54. The minimum absolute atomic E-state index is 0.0279. The monoisotopic (exact) mass is 326 g/mol. The first-order valence-corrected chi connectivity index (χ1v) is 9.55. The molecule has 0 unspecified atom stereocenters. The summed E-state index contributed by atoms with van der Waals surface area (Å²) >= 11 is 0. The number of urea groups is 1. The Morgan fingerprint density at radius 2 is 1.65 bits per heavy atom. The molecule has 0 saturated heterocycles. The second-order valence-electron chi connectivity index (χ2n) is 7.11. The quantitative estimate of drug-likeness (QED) is 0.512. The Balaban J connectivity index is 1.86. The molecular formula is C18H38N4O. The van der Waals surface area contributed by atoms with E-state index >= 15 is 0 Å². The lowest BCUT2D eigenvalue weighted by molar-refractivity contribution is 0.239. The van der Waals surface area contributed by atoms with Gasteiger partial charge in [-0.05, 0) is 66.1 Å². The molecule has 0 bridgehead atoms. The summed E-state index contributed by atoms with van der Waals surface area (Å²) in [5.74, 6) is 0. The van der Waals surface area contributed by atoms with Gasteiger partial charge >= 0.3 is 6.03 Å². The third-order valence-corrected chi connectivity index (χ3v) is 4.78. The van der Waals surface area contributed by atoms with Gasteiger partial charge in [-0.1, -0.05) is 19.3 Å². The molecule has 1 rings (SSSR count). The number of unbranched alkanes of at least 4 members (excludes halogenated alkanes) is 1.